The quantitative estimate of drug-likeness (QED) is 0.443. The van der Waals surface area contributed by atoms with E-state index in [9.17, 15) is 0 Å². The molecule has 9 heavy (non-hydrogen) atoms. The van der Waals surface area contributed by atoms with E-state index < -0.39 is 0 Å². The summed E-state index contributed by atoms with van der Waals surface area (Å²) in [5.74, 6) is 0. The van der Waals surface area contributed by atoms with Gasteiger partial charge < -0.3 is 5.11 Å². The van der Waals surface area contributed by atoms with Crippen LogP contribution in [0.25, 0.3) is 0 Å². The van der Waals surface area contributed by atoms with Gasteiger partial charge in [0, 0.05) is 0 Å². The predicted molar refractivity (Wildman–Crippen MR) is 40.3 cm³/mol. The summed E-state index contributed by atoms with van der Waals surface area (Å²) in [6.45, 7) is 3.22. The maximum atomic E-state index is 8.48. The lowest BCUT2D eigenvalue weighted by atomic mass is 10.2. The fourth-order valence-corrected chi connectivity index (χ4v) is 0.479. The summed E-state index contributed by atoms with van der Waals surface area (Å²) in [7, 11) is 0. The van der Waals surface area contributed by atoms with Crippen LogP contribution in [0.4, 0.5) is 0 Å². The van der Waals surface area contributed by atoms with Gasteiger partial charge in [0.15, 0.2) is 0 Å². The van der Waals surface area contributed by atoms with Crippen molar-refractivity contribution in [2.24, 2.45) is 0 Å². The number of rotatable bonds is 5. The zero-order chi connectivity index (χ0) is 8.69. The smallest absolute Gasteiger partial charge is 0.0612 e. The van der Waals surface area contributed by atoms with Crippen molar-refractivity contribution in [3.63, 3.8) is 0 Å². The van der Waals surface area contributed by atoms with Crippen molar-refractivity contribution in [2.75, 3.05) is 6.61 Å². The highest BCUT2D eigenvalue weighted by molar-refractivity contribution is 4.81. The lowest BCUT2D eigenvalue weighted by molar-refractivity contribution is 0.342. The molecule has 0 rings (SSSR count). The van der Waals surface area contributed by atoms with Crippen molar-refractivity contribution in [3.8, 4) is 0 Å². The molecule has 1 nitrogen and oxygen atoms in total. The topological polar surface area (TPSA) is 20.2 Å². The minimum Gasteiger partial charge on any atom is -0.392 e. The molecule has 0 aromatic heterocycles. The molecule has 0 heterocycles. The van der Waals surface area contributed by atoms with Crippen LogP contribution < -0.4 is 0 Å². The molecular weight excluding hydrogens is 112 g/mol. The first-order chi connectivity index (χ1) is 5.22. The van der Waals surface area contributed by atoms with E-state index in [0.717, 1.165) is 12.8 Å². The van der Waals surface area contributed by atoms with Crippen molar-refractivity contribution < 1.29 is 7.85 Å². The zero-order valence-electron chi connectivity index (χ0n) is 7.56. The van der Waals surface area contributed by atoms with Gasteiger partial charge in [-0.3, -0.25) is 0 Å². The summed E-state index contributed by atoms with van der Waals surface area (Å²) in [5.41, 5.74) is 0. The maximum Gasteiger partial charge on any atom is 0.0612 e. The highest BCUT2D eigenvalue weighted by atomic mass is 16.2. The fraction of sp³-hybridized carbons (Fsp3) is 0.500. The first-order valence-corrected chi connectivity index (χ1v) is 3.09. The van der Waals surface area contributed by atoms with Gasteiger partial charge in [0.1, 0.15) is 0 Å². The third-order valence-electron chi connectivity index (χ3n) is 0.914. The highest BCUT2D eigenvalue weighted by Crippen LogP contribution is 1.95. The Bertz CT molecular complexity index is 152. The highest BCUT2D eigenvalue weighted by Gasteiger charge is 1.76. The molecule has 0 amide bonds. The first kappa shape index (κ1) is 5.24. The Hall–Kier alpha value is -0.560. The summed E-state index contributed by atoms with van der Waals surface area (Å²) >= 11 is 0. The number of aliphatic hydroxyl groups is 1. The molecule has 52 valence electrons. The lowest BCUT2D eigenvalue weighted by Crippen LogP contribution is -1.72. The van der Waals surface area contributed by atoms with Gasteiger partial charge in [-0.25, -0.2) is 0 Å². The van der Waals surface area contributed by atoms with E-state index in [1.165, 1.54) is 0 Å². The minimum absolute atomic E-state index is 0.0223. The Morgan fingerprint density at radius 2 is 2.22 bits per heavy atom. The van der Waals surface area contributed by atoms with Crippen LogP contribution in [-0.2, 0) is 0 Å². The normalized spacial score (nSPS) is 15.7. The van der Waals surface area contributed by atoms with Crippen LogP contribution in [0.1, 0.15) is 22.0 Å². The average molecular weight is 128 g/mol. The zero-order valence-corrected chi connectivity index (χ0v) is 5.56. The summed E-state index contributed by atoms with van der Waals surface area (Å²) in [4.78, 5) is 0. The predicted octanol–water partition coefficient (Wildman–Crippen LogP) is 1.89. The van der Waals surface area contributed by atoms with Crippen molar-refractivity contribution in [3.05, 3.63) is 24.8 Å². The van der Waals surface area contributed by atoms with Gasteiger partial charge in [-0.2, -0.15) is 0 Å². The van der Waals surface area contributed by atoms with Crippen LogP contribution in [0.5, 0.6) is 0 Å². The Morgan fingerprint density at radius 1 is 1.44 bits per heavy atom. The molecule has 0 saturated carbocycles. The Kier molecular flexibility index (Phi) is 4.33. The lowest BCUT2D eigenvalue weighted by Gasteiger charge is -1.86. The third-order valence-corrected chi connectivity index (χ3v) is 0.914. The molecule has 0 aromatic carbocycles. The molecule has 1 heteroatoms. The summed E-state index contributed by atoms with van der Waals surface area (Å²) in [6, 6.07) is 0.253. The maximum absolute atomic E-state index is 8.48. The Labute approximate surface area is 59.5 Å². The van der Waals surface area contributed by atoms with Gasteiger partial charge in [0.05, 0.1) is 9.35 Å². The van der Waals surface area contributed by atoms with Crippen molar-refractivity contribution in [1.82, 2.24) is 0 Å². The van der Waals surface area contributed by atoms with Crippen LogP contribution in [-0.4, -0.2) is 11.7 Å². The second kappa shape index (κ2) is 7.44. The number of unbranched alkanes of at least 4 members (excludes halogenated alkanes) is 1. The molecular formula is C8H14O. The van der Waals surface area contributed by atoms with E-state index in [0.29, 0.717) is 6.42 Å². The number of allylic oxidation sites excluding steroid dienone is 2. The molecule has 0 aromatic rings. The van der Waals surface area contributed by atoms with E-state index in [-0.39, 0.29) is 18.7 Å². The number of aliphatic hydroxyl groups excluding tert-OH is 1. The van der Waals surface area contributed by atoms with E-state index in [1.54, 1.807) is 6.08 Å². The van der Waals surface area contributed by atoms with Crippen LogP contribution in [0.15, 0.2) is 24.8 Å². The molecule has 0 radical (unpaired) electrons. The minimum atomic E-state index is -0.326. The largest absolute Gasteiger partial charge is 0.392 e. The summed E-state index contributed by atoms with van der Waals surface area (Å²) in [5, 5.41) is 8.48. The van der Waals surface area contributed by atoms with Crippen LogP contribution in [0.2, 0.25) is 0 Å². The average Bonchev–Trinajstić information content (AvgIpc) is 2.03. The molecule has 0 bridgehead atoms. The van der Waals surface area contributed by atoms with Crippen molar-refractivity contribution in [1.29, 1.82) is 0 Å². The van der Waals surface area contributed by atoms with Gasteiger partial charge >= 0.3 is 0 Å². The molecule has 0 aliphatic heterocycles. The van der Waals surface area contributed by atoms with Crippen molar-refractivity contribution >= 4 is 0 Å². The van der Waals surface area contributed by atoms with Crippen molar-refractivity contribution in [2.45, 2.75) is 19.3 Å². The molecule has 0 atom stereocenters. The van der Waals surface area contributed by atoms with Crippen LogP contribution >= 0.6 is 0 Å². The van der Waals surface area contributed by atoms with E-state index in [2.05, 4.69) is 6.58 Å². The van der Waals surface area contributed by atoms with Gasteiger partial charge in [-0.15, -0.1) is 6.58 Å². The SMILES string of the molecule is [2H]/C(CO)=C(/[2H])CCCC=C. The van der Waals surface area contributed by atoms with Crippen LogP contribution in [0, 0.1) is 0 Å². The number of hydrogen-bond donors (Lipinski definition) is 1. The second-order valence-corrected chi connectivity index (χ2v) is 1.69. The Morgan fingerprint density at radius 3 is 2.78 bits per heavy atom. The standard InChI is InChI=1S/C8H14O/c1-2-3-4-5-6-7-8-9/h2,6-7,9H,1,3-5,8H2/b7-6+/i6D,7D. The first-order valence-electron chi connectivity index (χ1n) is 4.09. The summed E-state index contributed by atoms with van der Waals surface area (Å²) < 4.78 is 14.3. The van der Waals surface area contributed by atoms with E-state index in [4.69, 9.17) is 7.85 Å². The second-order valence-electron chi connectivity index (χ2n) is 1.69. The summed E-state index contributed by atoms with van der Waals surface area (Å²) in [6.07, 6.45) is 4.05. The molecule has 0 fully saturated rings. The molecule has 0 saturated heterocycles. The molecule has 0 unspecified atom stereocenters. The Balaban J connectivity index is 3.66. The van der Waals surface area contributed by atoms with E-state index in [1.807, 2.05) is 0 Å². The molecule has 0 spiro atoms. The molecule has 0 aliphatic carbocycles. The third kappa shape index (κ3) is 7.44. The van der Waals surface area contributed by atoms with Gasteiger partial charge in [-0.1, -0.05) is 18.2 Å². The van der Waals surface area contributed by atoms with Crippen LogP contribution in [0.3, 0.4) is 0 Å². The van der Waals surface area contributed by atoms with Gasteiger partial charge in [0.2, 0.25) is 0 Å². The molecule has 0 aliphatic rings. The fourth-order valence-electron chi connectivity index (χ4n) is 0.479. The van der Waals surface area contributed by atoms with Gasteiger partial charge in [-0.05, 0) is 19.3 Å². The monoisotopic (exact) mass is 128 g/mol. The van der Waals surface area contributed by atoms with Gasteiger partial charge in [0.25, 0.3) is 0 Å². The number of hydrogen-bond acceptors (Lipinski definition) is 1. The molecule has 1 N–H and O–H groups in total. The van der Waals surface area contributed by atoms with E-state index >= 15 is 0 Å².